The van der Waals surface area contributed by atoms with Gasteiger partial charge in [0.15, 0.2) is 0 Å². The lowest BCUT2D eigenvalue weighted by molar-refractivity contribution is 0.229. The summed E-state index contributed by atoms with van der Waals surface area (Å²) in [4.78, 5) is 6.97. The van der Waals surface area contributed by atoms with Crippen molar-refractivity contribution in [2.45, 2.75) is 38.3 Å². The smallest absolute Gasteiger partial charge is 0.129 e. The first-order valence-electron chi connectivity index (χ1n) is 7.37. The third-order valence-corrected chi connectivity index (χ3v) is 4.22. The Morgan fingerprint density at radius 3 is 2.84 bits per heavy atom. The van der Waals surface area contributed by atoms with E-state index in [1.165, 1.54) is 38.8 Å². The summed E-state index contributed by atoms with van der Waals surface area (Å²) in [5, 5.41) is 4.19. The molecule has 1 aliphatic heterocycles. The lowest BCUT2D eigenvalue weighted by Crippen LogP contribution is -2.38. The van der Waals surface area contributed by atoms with Crippen molar-refractivity contribution in [3.63, 3.8) is 0 Å². The van der Waals surface area contributed by atoms with Crippen molar-refractivity contribution < 1.29 is 0 Å². The van der Waals surface area contributed by atoms with Crippen LogP contribution in [0.15, 0.2) is 18.2 Å². The fraction of sp³-hybridized carbons (Fsp3) is 0.667. The van der Waals surface area contributed by atoms with E-state index in [2.05, 4.69) is 21.3 Å². The number of nitrogens with zero attached hydrogens (tertiary/aromatic N) is 2. The third-order valence-electron chi connectivity index (χ3n) is 4.01. The number of pyridine rings is 1. The van der Waals surface area contributed by atoms with Crippen LogP contribution in [0.4, 0.5) is 0 Å². The molecule has 1 aliphatic carbocycles. The Bertz CT molecular complexity index is 414. The zero-order valence-corrected chi connectivity index (χ0v) is 12.1. The lowest BCUT2D eigenvalue weighted by Gasteiger charge is -2.25. The molecule has 2 aliphatic rings. The number of hydrogen-bond donors (Lipinski definition) is 1. The molecule has 0 amide bonds. The van der Waals surface area contributed by atoms with Gasteiger partial charge in [0.1, 0.15) is 5.15 Å². The van der Waals surface area contributed by atoms with Crippen LogP contribution in [-0.4, -0.2) is 35.6 Å². The van der Waals surface area contributed by atoms with Crippen LogP contribution in [-0.2, 0) is 6.54 Å². The summed E-state index contributed by atoms with van der Waals surface area (Å²) in [5.74, 6) is 0.917. The average Bonchev–Trinajstić information content (AvgIpc) is 3.03. The van der Waals surface area contributed by atoms with E-state index in [1.54, 1.807) is 0 Å². The largest absolute Gasteiger partial charge is 0.313 e. The predicted molar refractivity (Wildman–Crippen MR) is 78.3 cm³/mol. The van der Waals surface area contributed by atoms with Crippen molar-refractivity contribution in [1.29, 1.82) is 0 Å². The number of halogens is 1. The van der Waals surface area contributed by atoms with E-state index in [1.807, 2.05) is 12.1 Å². The fourth-order valence-electron chi connectivity index (χ4n) is 2.86. The molecule has 1 aromatic heterocycles. The molecule has 0 aromatic carbocycles. The standard InChI is InChI=1S/C15H22ClN3/c16-15-5-1-3-14(18-15)11-19(9-12-6-7-12)10-13-4-2-8-17-13/h1,3,5,12-13,17H,2,4,6-11H2. The number of hydrogen-bond acceptors (Lipinski definition) is 3. The highest BCUT2D eigenvalue weighted by molar-refractivity contribution is 6.29. The van der Waals surface area contributed by atoms with Crippen LogP contribution < -0.4 is 5.32 Å². The molecule has 0 spiro atoms. The minimum absolute atomic E-state index is 0.600. The van der Waals surface area contributed by atoms with E-state index in [0.29, 0.717) is 11.2 Å². The van der Waals surface area contributed by atoms with Crippen molar-refractivity contribution in [2.24, 2.45) is 5.92 Å². The van der Waals surface area contributed by atoms with Gasteiger partial charge < -0.3 is 5.32 Å². The molecule has 3 nitrogen and oxygen atoms in total. The minimum atomic E-state index is 0.600. The summed E-state index contributed by atoms with van der Waals surface area (Å²) in [6, 6.07) is 6.58. The molecule has 1 N–H and O–H groups in total. The van der Waals surface area contributed by atoms with E-state index in [-0.39, 0.29) is 0 Å². The molecule has 1 saturated carbocycles. The zero-order chi connectivity index (χ0) is 13.1. The summed E-state index contributed by atoms with van der Waals surface area (Å²) < 4.78 is 0. The van der Waals surface area contributed by atoms with Crippen molar-refractivity contribution in [2.75, 3.05) is 19.6 Å². The second-order valence-electron chi connectivity index (χ2n) is 5.88. The molecule has 2 fully saturated rings. The highest BCUT2D eigenvalue weighted by Gasteiger charge is 2.26. The summed E-state index contributed by atoms with van der Waals surface area (Å²) in [5.41, 5.74) is 1.09. The minimum Gasteiger partial charge on any atom is -0.313 e. The maximum absolute atomic E-state index is 5.97. The summed E-state index contributed by atoms with van der Waals surface area (Å²) in [6.07, 6.45) is 5.43. The zero-order valence-electron chi connectivity index (χ0n) is 11.3. The van der Waals surface area contributed by atoms with Crippen LogP contribution in [0.25, 0.3) is 0 Å². The Morgan fingerprint density at radius 1 is 1.26 bits per heavy atom. The molecule has 1 aromatic rings. The Labute approximate surface area is 120 Å². The number of aromatic nitrogens is 1. The first kappa shape index (κ1) is 13.3. The van der Waals surface area contributed by atoms with Crippen LogP contribution >= 0.6 is 11.6 Å². The molecule has 1 unspecified atom stereocenters. The summed E-state index contributed by atoms with van der Waals surface area (Å²) in [7, 11) is 0. The Kier molecular flexibility index (Phi) is 4.36. The van der Waals surface area contributed by atoms with Gasteiger partial charge in [0.25, 0.3) is 0 Å². The monoisotopic (exact) mass is 279 g/mol. The highest BCUT2D eigenvalue weighted by Crippen LogP contribution is 2.30. The van der Waals surface area contributed by atoms with E-state index < -0.39 is 0 Å². The quantitative estimate of drug-likeness (QED) is 0.812. The maximum Gasteiger partial charge on any atom is 0.129 e. The summed E-state index contributed by atoms with van der Waals surface area (Å²) >= 11 is 5.97. The molecular weight excluding hydrogens is 258 g/mol. The van der Waals surface area contributed by atoms with Crippen molar-refractivity contribution in [3.05, 3.63) is 29.0 Å². The van der Waals surface area contributed by atoms with Crippen LogP contribution in [0, 0.1) is 5.92 Å². The molecule has 1 atom stereocenters. The molecule has 104 valence electrons. The van der Waals surface area contributed by atoms with Gasteiger partial charge in [-0.25, -0.2) is 4.98 Å². The maximum atomic E-state index is 5.97. The first-order chi connectivity index (χ1) is 9.29. The van der Waals surface area contributed by atoms with Crippen LogP contribution in [0.1, 0.15) is 31.4 Å². The van der Waals surface area contributed by atoms with Crippen molar-refractivity contribution >= 4 is 11.6 Å². The van der Waals surface area contributed by atoms with E-state index in [9.17, 15) is 0 Å². The van der Waals surface area contributed by atoms with Gasteiger partial charge in [-0.3, -0.25) is 4.90 Å². The van der Waals surface area contributed by atoms with Crippen LogP contribution in [0.2, 0.25) is 5.15 Å². The molecule has 1 saturated heterocycles. The second kappa shape index (κ2) is 6.21. The highest BCUT2D eigenvalue weighted by atomic mass is 35.5. The van der Waals surface area contributed by atoms with Crippen LogP contribution in [0.3, 0.4) is 0 Å². The van der Waals surface area contributed by atoms with Gasteiger partial charge in [-0.05, 0) is 50.3 Å². The Hall–Kier alpha value is -0.640. The molecular formula is C15H22ClN3. The Morgan fingerprint density at radius 2 is 2.16 bits per heavy atom. The molecule has 2 heterocycles. The molecule has 0 bridgehead atoms. The molecule has 4 heteroatoms. The Balaban J connectivity index is 1.60. The van der Waals surface area contributed by atoms with Gasteiger partial charge >= 0.3 is 0 Å². The average molecular weight is 280 g/mol. The SMILES string of the molecule is Clc1cccc(CN(CC2CC2)CC2CCCN2)n1. The van der Waals surface area contributed by atoms with E-state index in [4.69, 9.17) is 11.6 Å². The number of nitrogens with one attached hydrogen (secondary N) is 1. The van der Waals surface area contributed by atoms with Crippen molar-refractivity contribution in [3.8, 4) is 0 Å². The molecule has 19 heavy (non-hydrogen) atoms. The lowest BCUT2D eigenvalue weighted by atomic mass is 10.2. The van der Waals surface area contributed by atoms with E-state index in [0.717, 1.165) is 24.7 Å². The van der Waals surface area contributed by atoms with Crippen molar-refractivity contribution in [1.82, 2.24) is 15.2 Å². The van der Waals surface area contributed by atoms with E-state index >= 15 is 0 Å². The van der Waals surface area contributed by atoms with Gasteiger partial charge in [0, 0.05) is 25.7 Å². The summed E-state index contributed by atoms with van der Waals surface area (Å²) in [6.45, 7) is 4.46. The van der Waals surface area contributed by atoms with Crippen LogP contribution in [0.5, 0.6) is 0 Å². The first-order valence-corrected chi connectivity index (χ1v) is 7.74. The normalized spacial score (nSPS) is 23.2. The van der Waals surface area contributed by atoms with Gasteiger partial charge in [-0.1, -0.05) is 17.7 Å². The fourth-order valence-corrected chi connectivity index (χ4v) is 3.04. The van der Waals surface area contributed by atoms with Gasteiger partial charge in [0.2, 0.25) is 0 Å². The van der Waals surface area contributed by atoms with Gasteiger partial charge in [-0.15, -0.1) is 0 Å². The third kappa shape index (κ3) is 4.16. The van der Waals surface area contributed by atoms with Gasteiger partial charge in [-0.2, -0.15) is 0 Å². The number of rotatable bonds is 6. The second-order valence-corrected chi connectivity index (χ2v) is 6.27. The molecule has 3 rings (SSSR count). The predicted octanol–water partition coefficient (Wildman–Crippen LogP) is 2.70. The topological polar surface area (TPSA) is 28.2 Å². The van der Waals surface area contributed by atoms with Gasteiger partial charge in [0.05, 0.1) is 5.69 Å². The molecule has 0 radical (unpaired) electrons.